The van der Waals surface area contributed by atoms with Crippen LogP contribution in [0.15, 0.2) is 24.3 Å². The lowest BCUT2D eigenvalue weighted by molar-refractivity contribution is 0.918. The van der Waals surface area contributed by atoms with E-state index in [4.69, 9.17) is 5.73 Å². The highest BCUT2D eigenvalue weighted by atomic mass is 14.6. The maximum Gasteiger partial charge on any atom is 0.0639 e. The van der Waals surface area contributed by atoms with Gasteiger partial charge in [0.15, 0.2) is 0 Å². The molecule has 0 bridgehead atoms. The molecule has 1 rings (SSSR count). The van der Waals surface area contributed by atoms with Crippen LogP contribution in [0.2, 0.25) is 0 Å². The molecule has 0 aromatic heterocycles. The van der Waals surface area contributed by atoms with Crippen molar-refractivity contribution < 1.29 is 0 Å². The summed E-state index contributed by atoms with van der Waals surface area (Å²) in [6.45, 7) is 4.07. The normalized spacial score (nSPS) is 11.6. The minimum atomic E-state index is -0.0512. The SMILES string of the molecule is CCCc1ccccc1C#CC(C)N. The second kappa shape index (κ2) is 5.47. The lowest BCUT2D eigenvalue weighted by Gasteiger charge is -2.01. The molecule has 2 N–H and O–H groups in total. The zero-order valence-corrected chi connectivity index (χ0v) is 8.88. The van der Waals surface area contributed by atoms with E-state index in [1.165, 1.54) is 5.56 Å². The van der Waals surface area contributed by atoms with Crippen molar-refractivity contribution >= 4 is 0 Å². The van der Waals surface area contributed by atoms with Gasteiger partial charge in [0.1, 0.15) is 0 Å². The summed E-state index contributed by atoms with van der Waals surface area (Å²) in [7, 11) is 0. The molecule has 14 heavy (non-hydrogen) atoms. The fourth-order valence-electron chi connectivity index (χ4n) is 1.32. The summed E-state index contributed by atoms with van der Waals surface area (Å²) in [6, 6.07) is 8.21. The predicted molar refractivity (Wildman–Crippen MR) is 61.0 cm³/mol. The molecule has 1 aromatic carbocycles. The Kier molecular flexibility index (Phi) is 4.22. The molecule has 0 aliphatic carbocycles. The van der Waals surface area contributed by atoms with Crippen molar-refractivity contribution in [3.8, 4) is 11.8 Å². The summed E-state index contributed by atoms with van der Waals surface area (Å²) < 4.78 is 0. The van der Waals surface area contributed by atoms with Crippen LogP contribution < -0.4 is 5.73 Å². The van der Waals surface area contributed by atoms with E-state index >= 15 is 0 Å². The van der Waals surface area contributed by atoms with Crippen LogP contribution in [0.25, 0.3) is 0 Å². The van der Waals surface area contributed by atoms with Crippen molar-refractivity contribution in [3.63, 3.8) is 0 Å². The number of aryl methyl sites for hydroxylation is 1. The molecule has 0 spiro atoms. The maximum atomic E-state index is 5.59. The molecule has 0 heterocycles. The first kappa shape index (κ1) is 10.8. The fourth-order valence-corrected chi connectivity index (χ4v) is 1.32. The molecule has 1 nitrogen and oxygen atoms in total. The minimum Gasteiger partial charge on any atom is -0.318 e. The monoisotopic (exact) mass is 187 g/mol. The van der Waals surface area contributed by atoms with E-state index in [0.29, 0.717) is 0 Å². The topological polar surface area (TPSA) is 26.0 Å². The number of rotatable bonds is 2. The van der Waals surface area contributed by atoms with Gasteiger partial charge in [-0.15, -0.1) is 0 Å². The Morgan fingerprint density at radius 2 is 2.07 bits per heavy atom. The fraction of sp³-hybridized carbons (Fsp3) is 0.385. The van der Waals surface area contributed by atoms with Crippen molar-refractivity contribution in [2.24, 2.45) is 5.73 Å². The summed E-state index contributed by atoms with van der Waals surface area (Å²) in [5.74, 6) is 6.11. The van der Waals surface area contributed by atoms with Gasteiger partial charge in [-0.1, -0.05) is 43.4 Å². The Hall–Kier alpha value is -1.26. The van der Waals surface area contributed by atoms with Crippen LogP contribution in [0.3, 0.4) is 0 Å². The second-order valence-electron chi connectivity index (χ2n) is 3.47. The van der Waals surface area contributed by atoms with Gasteiger partial charge >= 0.3 is 0 Å². The van der Waals surface area contributed by atoms with Crippen LogP contribution in [-0.2, 0) is 6.42 Å². The maximum absolute atomic E-state index is 5.59. The molecule has 0 saturated heterocycles. The van der Waals surface area contributed by atoms with Gasteiger partial charge in [0.25, 0.3) is 0 Å². The Balaban J connectivity index is 2.91. The molecule has 0 aliphatic rings. The molecule has 0 amide bonds. The average Bonchev–Trinajstić information content (AvgIpc) is 2.17. The highest BCUT2D eigenvalue weighted by Crippen LogP contribution is 2.09. The molecular weight excluding hydrogens is 170 g/mol. The van der Waals surface area contributed by atoms with Crippen LogP contribution in [-0.4, -0.2) is 6.04 Å². The summed E-state index contributed by atoms with van der Waals surface area (Å²) in [5.41, 5.74) is 8.03. The van der Waals surface area contributed by atoms with Crippen molar-refractivity contribution in [2.45, 2.75) is 32.7 Å². The molecule has 0 saturated carbocycles. The molecular formula is C13H17N. The molecule has 1 heteroatoms. The predicted octanol–water partition coefficient (Wildman–Crippen LogP) is 2.34. The van der Waals surface area contributed by atoms with E-state index in [1.54, 1.807) is 0 Å². The molecule has 1 aromatic rings. The Bertz CT molecular complexity index is 342. The van der Waals surface area contributed by atoms with Gasteiger partial charge < -0.3 is 5.73 Å². The van der Waals surface area contributed by atoms with E-state index in [0.717, 1.165) is 18.4 Å². The average molecular weight is 187 g/mol. The summed E-state index contributed by atoms with van der Waals surface area (Å²) in [5, 5.41) is 0. The standard InChI is InChI=1S/C13H17N/c1-3-6-12-7-4-5-8-13(12)10-9-11(2)14/h4-5,7-8,11H,3,6,14H2,1-2H3. The lowest BCUT2D eigenvalue weighted by atomic mass is 10.0. The van der Waals surface area contributed by atoms with Gasteiger partial charge in [0.05, 0.1) is 6.04 Å². The number of benzene rings is 1. The van der Waals surface area contributed by atoms with E-state index in [1.807, 2.05) is 13.0 Å². The molecule has 0 aliphatic heterocycles. The van der Waals surface area contributed by atoms with Gasteiger partial charge in [0, 0.05) is 5.56 Å². The highest BCUT2D eigenvalue weighted by molar-refractivity contribution is 5.41. The summed E-state index contributed by atoms with van der Waals surface area (Å²) in [6.07, 6.45) is 2.24. The second-order valence-corrected chi connectivity index (χ2v) is 3.47. The third-order valence-corrected chi connectivity index (χ3v) is 1.97. The number of hydrogen-bond donors (Lipinski definition) is 1. The summed E-state index contributed by atoms with van der Waals surface area (Å²) >= 11 is 0. The molecule has 0 fully saturated rings. The van der Waals surface area contributed by atoms with Crippen LogP contribution >= 0.6 is 0 Å². The van der Waals surface area contributed by atoms with Crippen LogP contribution in [0.4, 0.5) is 0 Å². The van der Waals surface area contributed by atoms with E-state index < -0.39 is 0 Å². The number of hydrogen-bond acceptors (Lipinski definition) is 1. The van der Waals surface area contributed by atoms with E-state index in [9.17, 15) is 0 Å². The van der Waals surface area contributed by atoms with Crippen molar-refractivity contribution in [3.05, 3.63) is 35.4 Å². The van der Waals surface area contributed by atoms with Crippen LogP contribution in [0.1, 0.15) is 31.4 Å². The van der Waals surface area contributed by atoms with Gasteiger partial charge in [-0.2, -0.15) is 0 Å². The van der Waals surface area contributed by atoms with E-state index in [2.05, 4.69) is 37.0 Å². The van der Waals surface area contributed by atoms with Gasteiger partial charge in [-0.05, 0) is 25.0 Å². The number of nitrogens with two attached hydrogens (primary N) is 1. The first-order chi connectivity index (χ1) is 6.74. The molecule has 74 valence electrons. The van der Waals surface area contributed by atoms with Crippen molar-refractivity contribution in [1.82, 2.24) is 0 Å². The van der Waals surface area contributed by atoms with Gasteiger partial charge in [-0.3, -0.25) is 0 Å². The third-order valence-electron chi connectivity index (χ3n) is 1.97. The van der Waals surface area contributed by atoms with Gasteiger partial charge in [-0.25, -0.2) is 0 Å². The first-order valence-corrected chi connectivity index (χ1v) is 5.09. The van der Waals surface area contributed by atoms with Crippen molar-refractivity contribution in [2.75, 3.05) is 0 Å². The largest absolute Gasteiger partial charge is 0.318 e. The Morgan fingerprint density at radius 3 is 2.71 bits per heavy atom. The Labute approximate surface area is 86.3 Å². The first-order valence-electron chi connectivity index (χ1n) is 5.09. The zero-order valence-electron chi connectivity index (χ0n) is 8.88. The zero-order chi connectivity index (χ0) is 10.4. The molecule has 0 radical (unpaired) electrons. The van der Waals surface area contributed by atoms with Crippen LogP contribution in [0.5, 0.6) is 0 Å². The van der Waals surface area contributed by atoms with Crippen LogP contribution in [0, 0.1) is 11.8 Å². The lowest BCUT2D eigenvalue weighted by Crippen LogP contribution is -2.11. The smallest absolute Gasteiger partial charge is 0.0639 e. The molecule has 1 atom stereocenters. The summed E-state index contributed by atoms with van der Waals surface area (Å²) in [4.78, 5) is 0. The van der Waals surface area contributed by atoms with E-state index in [-0.39, 0.29) is 6.04 Å². The quantitative estimate of drug-likeness (QED) is 0.707. The van der Waals surface area contributed by atoms with Crippen molar-refractivity contribution in [1.29, 1.82) is 0 Å². The third kappa shape index (κ3) is 3.24. The Morgan fingerprint density at radius 1 is 1.36 bits per heavy atom. The highest BCUT2D eigenvalue weighted by Gasteiger charge is 1.96. The molecule has 1 unspecified atom stereocenters. The minimum absolute atomic E-state index is 0.0512. The van der Waals surface area contributed by atoms with Gasteiger partial charge in [0.2, 0.25) is 0 Å².